The van der Waals surface area contributed by atoms with Gasteiger partial charge >= 0.3 is 0 Å². The van der Waals surface area contributed by atoms with E-state index in [-0.39, 0.29) is 0 Å². The van der Waals surface area contributed by atoms with E-state index >= 15 is 0 Å². The number of rotatable bonds is 4. The molecule has 0 aliphatic heterocycles. The lowest BCUT2D eigenvalue weighted by atomic mass is 10.4. The van der Waals surface area contributed by atoms with E-state index in [0.717, 1.165) is 29.3 Å². The van der Waals surface area contributed by atoms with E-state index in [1.54, 1.807) is 0 Å². The third-order valence-corrected chi connectivity index (χ3v) is 2.93. The molecule has 16 heavy (non-hydrogen) atoms. The van der Waals surface area contributed by atoms with E-state index in [1.165, 1.54) is 11.3 Å². The van der Waals surface area contributed by atoms with Gasteiger partial charge in [-0.15, -0.1) is 0 Å². The molecule has 0 aromatic carbocycles. The van der Waals surface area contributed by atoms with Crippen molar-refractivity contribution in [2.24, 2.45) is 0 Å². The maximum atomic E-state index is 5.62. The first kappa shape index (κ1) is 11.1. The summed E-state index contributed by atoms with van der Waals surface area (Å²) in [7, 11) is 4.09. The first-order valence-electron chi connectivity index (χ1n) is 5.07. The second-order valence-corrected chi connectivity index (χ2v) is 4.81. The van der Waals surface area contributed by atoms with Gasteiger partial charge in [-0.3, -0.25) is 0 Å². The highest BCUT2D eigenvalue weighted by atomic mass is 32.1. The summed E-state index contributed by atoms with van der Waals surface area (Å²) in [6.07, 6.45) is 0. The first-order chi connectivity index (χ1) is 7.65. The minimum absolute atomic E-state index is 0.563. The number of nitrogens with one attached hydrogen (secondary N) is 1. The van der Waals surface area contributed by atoms with Crippen LogP contribution < -0.4 is 11.1 Å². The molecule has 0 spiro atoms. The molecule has 0 saturated carbocycles. The minimum atomic E-state index is 0.563. The maximum absolute atomic E-state index is 5.62. The highest BCUT2D eigenvalue weighted by molar-refractivity contribution is 7.21. The fraction of sp³-hybridized carbons (Fsp3) is 0.400. The quantitative estimate of drug-likeness (QED) is 0.837. The molecule has 0 atom stereocenters. The van der Waals surface area contributed by atoms with Crippen molar-refractivity contribution < 1.29 is 0 Å². The second-order valence-electron chi connectivity index (χ2n) is 3.80. The summed E-state index contributed by atoms with van der Waals surface area (Å²) in [6, 6.07) is 3.87. The SMILES string of the molecule is CN(C)CCNc1ccc2nc(N)sc2n1. The van der Waals surface area contributed by atoms with Crippen LogP contribution in [0.1, 0.15) is 0 Å². The molecular weight excluding hydrogens is 222 g/mol. The van der Waals surface area contributed by atoms with Crippen molar-refractivity contribution in [3.63, 3.8) is 0 Å². The number of nitrogens with two attached hydrogens (primary N) is 1. The highest BCUT2D eigenvalue weighted by Crippen LogP contribution is 2.22. The van der Waals surface area contributed by atoms with Crippen molar-refractivity contribution in [3.8, 4) is 0 Å². The predicted octanol–water partition coefficient (Wildman–Crippen LogP) is 1.25. The second kappa shape index (κ2) is 4.63. The van der Waals surface area contributed by atoms with E-state index in [9.17, 15) is 0 Å². The molecular formula is C10H15N5S. The molecule has 0 unspecified atom stereocenters. The summed E-state index contributed by atoms with van der Waals surface area (Å²) in [6.45, 7) is 1.85. The number of nitrogen functional groups attached to an aromatic ring is 1. The molecule has 0 bridgehead atoms. The van der Waals surface area contributed by atoms with Crippen LogP contribution in [0.25, 0.3) is 10.3 Å². The lowest BCUT2D eigenvalue weighted by Gasteiger charge is -2.10. The van der Waals surface area contributed by atoms with Gasteiger partial charge in [0.05, 0.1) is 0 Å². The van der Waals surface area contributed by atoms with Gasteiger partial charge < -0.3 is 16.0 Å². The maximum Gasteiger partial charge on any atom is 0.182 e. The number of hydrogen-bond donors (Lipinski definition) is 2. The van der Waals surface area contributed by atoms with Gasteiger partial charge in [0.2, 0.25) is 0 Å². The predicted molar refractivity (Wildman–Crippen MR) is 68.9 cm³/mol. The zero-order valence-corrected chi connectivity index (χ0v) is 10.2. The highest BCUT2D eigenvalue weighted by Gasteiger charge is 2.03. The molecule has 86 valence electrons. The zero-order valence-electron chi connectivity index (χ0n) is 9.40. The Morgan fingerprint density at radius 2 is 2.19 bits per heavy atom. The molecule has 0 aliphatic rings. The fourth-order valence-electron chi connectivity index (χ4n) is 1.34. The molecule has 0 amide bonds. The molecule has 5 nitrogen and oxygen atoms in total. The van der Waals surface area contributed by atoms with Gasteiger partial charge in [-0.2, -0.15) is 0 Å². The standard InChI is InChI=1S/C10H15N5S/c1-15(2)6-5-12-8-4-3-7-9(14-8)16-10(11)13-7/h3-4H,5-6H2,1-2H3,(H2,11,13)(H,12,14). The lowest BCUT2D eigenvalue weighted by Crippen LogP contribution is -2.21. The number of anilines is 2. The Balaban J connectivity index is 2.07. The van der Waals surface area contributed by atoms with E-state index in [2.05, 4.69) is 20.2 Å². The molecule has 2 aromatic rings. The Kier molecular flexibility index (Phi) is 3.21. The third kappa shape index (κ3) is 2.59. The molecule has 0 radical (unpaired) electrons. The van der Waals surface area contributed by atoms with Crippen LogP contribution in [-0.2, 0) is 0 Å². The van der Waals surface area contributed by atoms with Gasteiger partial charge in [-0.1, -0.05) is 11.3 Å². The third-order valence-electron chi connectivity index (χ3n) is 2.14. The summed E-state index contributed by atoms with van der Waals surface area (Å²) in [5.41, 5.74) is 6.48. The number of fused-ring (bicyclic) bond motifs is 1. The monoisotopic (exact) mass is 237 g/mol. The van der Waals surface area contributed by atoms with E-state index in [0.29, 0.717) is 5.13 Å². The Hall–Kier alpha value is -1.40. The van der Waals surface area contributed by atoms with Crippen LogP contribution in [0.4, 0.5) is 10.9 Å². The number of hydrogen-bond acceptors (Lipinski definition) is 6. The van der Waals surface area contributed by atoms with Gasteiger partial charge in [0, 0.05) is 13.1 Å². The average Bonchev–Trinajstić information content (AvgIpc) is 2.56. The van der Waals surface area contributed by atoms with Crippen molar-refractivity contribution >= 4 is 32.6 Å². The Bertz CT molecular complexity index is 479. The average molecular weight is 237 g/mol. The van der Waals surface area contributed by atoms with Crippen molar-refractivity contribution in [1.82, 2.24) is 14.9 Å². The van der Waals surface area contributed by atoms with Gasteiger partial charge in [-0.05, 0) is 26.2 Å². The van der Waals surface area contributed by atoms with Gasteiger partial charge in [-0.25, -0.2) is 9.97 Å². The lowest BCUT2D eigenvalue weighted by molar-refractivity contribution is 0.425. The van der Waals surface area contributed by atoms with Gasteiger partial charge in [0.15, 0.2) is 5.13 Å². The van der Waals surface area contributed by atoms with Crippen molar-refractivity contribution in [2.45, 2.75) is 0 Å². The van der Waals surface area contributed by atoms with Crippen LogP contribution in [-0.4, -0.2) is 42.1 Å². The van der Waals surface area contributed by atoms with Gasteiger partial charge in [0.25, 0.3) is 0 Å². The Morgan fingerprint density at radius 1 is 1.38 bits per heavy atom. The van der Waals surface area contributed by atoms with Crippen molar-refractivity contribution in [1.29, 1.82) is 0 Å². The number of pyridine rings is 1. The van der Waals surface area contributed by atoms with E-state index in [4.69, 9.17) is 5.73 Å². The van der Waals surface area contributed by atoms with Crippen LogP contribution in [0.2, 0.25) is 0 Å². The molecule has 6 heteroatoms. The molecule has 2 heterocycles. The summed E-state index contributed by atoms with van der Waals surface area (Å²) >= 11 is 1.41. The Morgan fingerprint density at radius 3 is 2.94 bits per heavy atom. The van der Waals surface area contributed by atoms with Crippen LogP contribution >= 0.6 is 11.3 Å². The summed E-state index contributed by atoms with van der Waals surface area (Å²) in [4.78, 5) is 11.6. The first-order valence-corrected chi connectivity index (χ1v) is 5.88. The molecule has 2 aromatic heterocycles. The minimum Gasteiger partial charge on any atom is -0.375 e. The van der Waals surface area contributed by atoms with E-state index < -0.39 is 0 Å². The number of nitrogens with zero attached hydrogens (tertiary/aromatic N) is 3. The van der Waals surface area contributed by atoms with Crippen molar-refractivity contribution in [2.75, 3.05) is 38.2 Å². The van der Waals surface area contributed by atoms with Crippen LogP contribution in [0, 0.1) is 0 Å². The summed E-state index contributed by atoms with van der Waals surface area (Å²) in [5.74, 6) is 0.873. The van der Waals surface area contributed by atoms with Crippen LogP contribution in [0.5, 0.6) is 0 Å². The van der Waals surface area contributed by atoms with Crippen molar-refractivity contribution in [3.05, 3.63) is 12.1 Å². The van der Waals surface area contributed by atoms with Crippen LogP contribution in [0.15, 0.2) is 12.1 Å². The molecule has 0 saturated heterocycles. The largest absolute Gasteiger partial charge is 0.375 e. The van der Waals surface area contributed by atoms with Crippen LogP contribution in [0.3, 0.4) is 0 Å². The van der Waals surface area contributed by atoms with Gasteiger partial charge in [0.1, 0.15) is 16.2 Å². The molecule has 0 aliphatic carbocycles. The Labute approximate surface area is 98.3 Å². The molecule has 0 fully saturated rings. The summed E-state index contributed by atoms with van der Waals surface area (Å²) < 4.78 is 0. The zero-order chi connectivity index (χ0) is 11.5. The smallest absolute Gasteiger partial charge is 0.182 e. The fourth-order valence-corrected chi connectivity index (χ4v) is 2.04. The summed E-state index contributed by atoms with van der Waals surface area (Å²) in [5, 5.41) is 3.83. The number of thiazole rings is 1. The normalized spacial score (nSPS) is 11.2. The van der Waals surface area contributed by atoms with E-state index in [1.807, 2.05) is 26.2 Å². The number of likely N-dealkylation sites (N-methyl/N-ethyl adjacent to an activating group) is 1. The molecule has 2 rings (SSSR count). The number of aromatic nitrogens is 2. The molecule has 3 N–H and O–H groups in total. The topological polar surface area (TPSA) is 67.1 Å².